The fourth-order valence-corrected chi connectivity index (χ4v) is 5.22. The number of hydrogen-bond acceptors (Lipinski definition) is 1. The monoisotopic (exact) mass is 330 g/mol. The van der Waals surface area contributed by atoms with E-state index in [4.69, 9.17) is 0 Å². The zero-order valence-corrected chi connectivity index (χ0v) is 15.0. The van der Waals surface area contributed by atoms with Gasteiger partial charge in [0, 0.05) is 29.7 Å². The van der Waals surface area contributed by atoms with E-state index in [-0.39, 0.29) is 5.54 Å². The van der Waals surface area contributed by atoms with E-state index in [1.54, 1.807) is 11.3 Å². The summed E-state index contributed by atoms with van der Waals surface area (Å²) in [6.07, 6.45) is 5.17. The first kappa shape index (κ1) is 15.2. The molecule has 0 saturated carbocycles. The van der Waals surface area contributed by atoms with Crippen molar-refractivity contribution >= 4 is 10.9 Å². The molecule has 1 saturated heterocycles. The maximum Gasteiger partial charge on any atom is 0.0588 e. The molecule has 0 radical (unpaired) electrons. The van der Waals surface area contributed by atoms with Crippen LogP contribution in [0.1, 0.15) is 43.0 Å². The number of rotatable bonds is 2. The second-order valence-electron chi connectivity index (χ2n) is 7.88. The lowest BCUT2D eigenvalue weighted by molar-refractivity contribution is 0.0431. The molecule has 2 heteroatoms. The predicted octanol–water partition coefficient (Wildman–Crippen LogP) is 4.95. The molecule has 25 heavy (non-hydrogen) atoms. The first-order valence-electron chi connectivity index (χ1n) is 9.67. The van der Waals surface area contributed by atoms with Crippen LogP contribution in [0.3, 0.4) is 0 Å². The van der Waals surface area contributed by atoms with Crippen LogP contribution < -0.4 is 0 Å². The van der Waals surface area contributed by atoms with Crippen molar-refractivity contribution in [2.45, 2.75) is 44.7 Å². The summed E-state index contributed by atoms with van der Waals surface area (Å²) in [5.41, 5.74) is 6.18. The molecule has 2 aliphatic heterocycles. The highest BCUT2D eigenvalue weighted by Crippen LogP contribution is 2.45. The Morgan fingerprint density at radius 2 is 1.72 bits per heavy atom. The number of fused-ring (bicyclic) bond motifs is 5. The molecule has 1 fully saturated rings. The van der Waals surface area contributed by atoms with Gasteiger partial charge in [0.1, 0.15) is 0 Å². The zero-order chi connectivity index (χ0) is 16.9. The van der Waals surface area contributed by atoms with Crippen LogP contribution in [0, 0.1) is 0 Å². The molecule has 0 N–H and O–H groups in total. The number of nitrogens with zero attached hydrogens (tertiary/aromatic N) is 2. The van der Waals surface area contributed by atoms with E-state index in [1.165, 1.54) is 55.2 Å². The summed E-state index contributed by atoms with van der Waals surface area (Å²) >= 11 is 0. The van der Waals surface area contributed by atoms with E-state index >= 15 is 0 Å². The van der Waals surface area contributed by atoms with Crippen molar-refractivity contribution in [3.63, 3.8) is 0 Å². The van der Waals surface area contributed by atoms with Gasteiger partial charge in [0.05, 0.1) is 5.54 Å². The van der Waals surface area contributed by atoms with Crippen LogP contribution >= 0.6 is 0 Å². The first-order valence-corrected chi connectivity index (χ1v) is 9.67. The van der Waals surface area contributed by atoms with E-state index in [1.807, 2.05) is 0 Å². The first-order chi connectivity index (χ1) is 12.3. The molecule has 128 valence electrons. The van der Waals surface area contributed by atoms with E-state index in [2.05, 4.69) is 71.0 Å². The zero-order valence-electron chi connectivity index (χ0n) is 15.0. The molecule has 0 unspecified atom stereocenters. The molecule has 1 atom stereocenters. The summed E-state index contributed by atoms with van der Waals surface area (Å²) in [6, 6.07) is 20.0. The predicted molar refractivity (Wildman–Crippen MR) is 104 cm³/mol. The van der Waals surface area contributed by atoms with Crippen LogP contribution in [0.2, 0.25) is 0 Å². The Kier molecular flexibility index (Phi) is 3.49. The maximum atomic E-state index is 2.75. The summed E-state index contributed by atoms with van der Waals surface area (Å²) in [4.78, 5) is 2.75. The van der Waals surface area contributed by atoms with Gasteiger partial charge in [-0.1, -0.05) is 48.5 Å². The van der Waals surface area contributed by atoms with Gasteiger partial charge in [-0.15, -0.1) is 0 Å². The average molecular weight is 330 g/mol. The van der Waals surface area contributed by atoms with Crippen LogP contribution in [0.15, 0.2) is 54.6 Å². The van der Waals surface area contributed by atoms with Gasteiger partial charge < -0.3 is 4.57 Å². The Balaban J connectivity index is 1.75. The van der Waals surface area contributed by atoms with Crippen LogP contribution in [-0.2, 0) is 18.5 Å². The van der Waals surface area contributed by atoms with Gasteiger partial charge in [0.25, 0.3) is 0 Å². The van der Waals surface area contributed by atoms with E-state index in [0.29, 0.717) is 0 Å². The fraction of sp³-hybridized carbons (Fsp3) is 0.391. The van der Waals surface area contributed by atoms with Crippen molar-refractivity contribution in [1.29, 1.82) is 0 Å². The number of aromatic nitrogens is 1. The molecule has 2 aromatic carbocycles. The lowest BCUT2D eigenvalue weighted by atomic mass is 9.79. The van der Waals surface area contributed by atoms with Crippen LogP contribution in [-0.4, -0.2) is 22.6 Å². The minimum absolute atomic E-state index is 0.194. The van der Waals surface area contributed by atoms with E-state index < -0.39 is 0 Å². The fourth-order valence-electron chi connectivity index (χ4n) is 5.22. The second-order valence-corrected chi connectivity index (χ2v) is 7.88. The quantitative estimate of drug-likeness (QED) is 0.645. The second kappa shape index (κ2) is 5.74. The largest absolute Gasteiger partial charge is 0.338 e. The smallest absolute Gasteiger partial charge is 0.0588 e. The summed E-state index contributed by atoms with van der Waals surface area (Å²) in [6.45, 7) is 5.93. The summed E-state index contributed by atoms with van der Waals surface area (Å²) in [7, 11) is 0. The highest BCUT2D eigenvalue weighted by molar-refractivity contribution is 5.86. The van der Waals surface area contributed by atoms with E-state index in [9.17, 15) is 0 Å². The topological polar surface area (TPSA) is 8.17 Å². The van der Waals surface area contributed by atoms with E-state index in [0.717, 1.165) is 6.54 Å². The van der Waals surface area contributed by atoms with Crippen molar-refractivity contribution in [2.24, 2.45) is 0 Å². The minimum atomic E-state index is 0.194. The number of piperidine rings is 1. The van der Waals surface area contributed by atoms with Crippen LogP contribution in [0.5, 0.6) is 0 Å². The Hall–Kier alpha value is -2.06. The maximum absolute atomic E-state index is 2.75. The highest BCUT2D eigenvalue weighted by atomic mass is 15.2. The van der Waals surface area contributed by atoms with Crippen molar-refractivity contribution in [1.82, 2.24) is 9.47 Å². The summed E-state index contributed by atoms with van der Waals surface area (Å²) in [5.74, 6) is 0. The molecule has 1 aromatic heterocycles. The molecule has 3 aromatic rings. The molecule has 3 heterocycles. The molecular formula is C23H26N2. The van der Waals surface area contributed by atoms with Crippen LogP contribution in [0.4, 0.5) is 0 Å². The normalized spacial score (nSPS) is 23.4. The Bertz CT molecular complexity index is 908. The molecule has 5 rings (SSSR count). The van der Waals surface area contributed by atoms with Crippen molar-refractivity contribution in [2.75, 3.05) is 13.1 Å². The average Bonchev–Trinajstić information content (AvgIpc) is 2.97. The molecule has 0 amide bonds. The number of hydrogen-bond donors (Lipinski definition) is 0. The van der Waals surface area contributed by atoms with Gasteiger partial charge in [0.15, 0.2) is 0 Å². The highest BCUT2D eigenvalue weighted by Gasteiger charge is 2.43. The lowest BCUT2D eigenvalue weighted by Gasteiger charge is -2.49. The Morgan fingerprint density at radius 3 is 2.60 bits per heavy atom. The third-order valence-corrected chi connectivity index (χ3v) is 6.44. The summed E-state index contributed by atoms with van der Waals surface area (Å²) in [5, 5.41) is 1.47. The third kappa shape index (κ3) is 2.27. The molecule has 2 aliphatic rings. The SMILES string of the molecule is C[C@]12CCCCN1CCc1c2n(Cc2ccccc2)c2ccccc12. The number of benzene rings is 2. The summed E-state index contributed by atoms with van der Waals surface area (Å²) < 4.78 is 2.62. The van der Waals surface area contributed by atoms with Gasteiger partial charge in [-0.2, -0.15) is 0 Å². The van der Waals surface area contributed by atoms with Crippen molar-refractivity contribution < 1.29 is 0 Å². The molecule has 2 nitrogen and oxygen atoms in total. The Labute approximate surface area is 150 Å². The molecule has 0 aliphatic carbocycles. The lowest BCUT2D eigenvalue weighted by Crippen LogP contribution is -2.52. The molecule has 0 bridgehead atoms. The Morgan fingerprint density at radius 1 is 0.920 bits per heavy atom. The molecule has 0 spiro atoms. The van der Waals surface area contributed by atoms with Crippen LogP contribution in [0.25, 0.3) is 10.9 Å². The molecular weight excluding hydrogens is 304 g/mol. The standard InChI is InChI=1S/C23H26N2/c1-23-14-7-8-15-24(23)16-13-20-19-11-5-6-12-21(19)25(22(20)23)17-18-9-3-2-4-10-18/h2-6,9-12H,7-8,13-17H2,1H3/t23-/m1/s1. The third-order valence-electron chi connectivity index (χ3n) is 6.44. The van der Waals surface area contributed by atoms with Crippen molar-refractivity contribution in [3.8, 4) is 0 Å². The van der Waals surface area contributed by atoms with Gasteiger partial charge in [-0.05, 0) is 56.3 Å². The minimum Gasteiger partial charge on any atom is -0.338 e. The van der Waals surface area contributed by atoms with Gasteiger partial charge in [-0.25, -0.2) is 0 Å². The number of para-hydroxylation sites is 1. The van der Waals surface area contributed by atoms with Crippen molar-refractivity contribution in [3.05, 3.63) is 71.4 Å². The van der Waals surface area contributed by atoms with Gasteiger partial charge >= 0.3 is 0 Å². The van der Waals surface area contributed by atoms with Gasteiger partial charge in [0.2, 0.25) is 0 Å². The van der Waals surface area contributed by atoms with Gasteiger partial charge in [-0.3, -0.25) is 4.90 Å².